The number of hydrogen-bond donors (Lipinski definition) is 0. The van der Waals surface area contributed by atoms with Gasteiger partial charge in [0, 0.05) is 25.6 Å². The lowest BCUT2D eigenvalue weighted by Crippen LogP contribution is -2.44. The second-order valence-electron chi connectivity index (χ2n) is 8.45. The van der Waals surface area contributed by atoms with Crippen molar-refractivity contribution < 1.29 is 26.7 Å². The quantitative estimate of drug-likeness (QED) is 0.626. The molecule has 178 valence electrons. The maximum Gasteiger partial charge on any atom is 0.243 e. The molecule has 0 N–H and O–H groups in total. The van der Waals surface area contributed by atoms with E-state index in [1.807, 2.05) is 36.1 Å². The van der Waals surface area contributed by atoms with Gasteiger partial charge in [0.15, 0.2) is 11.6 Å². The number of piperidine rings is 1. The second-order valence-corrected chi connectivity index (χ2v) is 10.4. The molecule has 0 radical (unpaired) electrons. The Morgan fingerprint density at radius 2 is 1.70 bits per heavy atom. The molecule has 2 aliphatic heterocycles. The van der Waals surface area contributed by atoms with Gasteiger partial charge in [-0.25, -0.2) is 17.2 Å². The first kappa shape index (κ1) is 23.6. The number of sulfonamides is 1. The number of halogens is 2. The van der Waals surface area contributed by atoms with Crippen LogP contribution in [-0.2, 0) is 14.8 Å². The number of hydrogen-bond acceptors (Lipinski definition) is 4. The van der Waals surface area contributed by atoms with Crippen molar-refractivity contribution in [2.45, 2.75) is 43.5 Å². The molecular formula is C24H28F2N2O4S. The molecule has 2 heterocycles. The Morgan fingerprint density at radius 3 is 2.33 bits per heavy atom. The molecule has 1 atom stereocenters. The van der Waals surface area contributed by atoms with E-state index in [1.165, 1.54) is 4.31 Å². The van der Waals surface area contributed by atoms with Crippen LogP contribution < -0.4 is 4.74 Å². The molecule has 4 rings (SSSR count). The zero-order valence-electron chi connectivity index (χ0n) is 18.5. The standard InChI is InChI=1S/C24H28F2N2O4S/c1-2-32-19-7-5-17(6-8-19)23-4-3-13-28(23)24(29)18-11-14-27(15-12-18)33(30,31)20-9-10-21(25)22(26)16-20/h5-10,16,18,23H,2-4,11-15H2,1H3/t23-/m0/s1. The number of benzene rings is 2. The van der Waals surface area contributed by atoms with Crippen molar-refractivity contribution in [2.24, 2.45) is 5.92 Å². The molecule has 2 aromatic rings. The lowest BCUT2D eigenvalue weighted by atomic mass is 9.95. The summed E-state index contributed by atoms with van der Waals surface area (Å²) in [5, 5.41) is 0. The van der Waals surface area contributed by atoms with Crippen molar-refractivity contribution in [3.05, 3.63) is 59.7 Å². The fraction of sp³-hybridized carbons (Fsp3) is 0.458. The van der Waals surface area contributed by atoms with Gasteiger partial charge in [-0.2, -0.15) is 4.31 Å². The number of nitrogens with zero attached hydrogens (tertiary/aromatic N) is 2. The van der Waals surface area contributed by atoms with Gasteiger partial charge in [-0.15, -0.1) is 0 Å². The zero-order chi connectivity index (χ0) is 23.6. The molecule has 2 aliphatic rings. The van der Waals surface area contributed by atoms with E-state index in [9.17, 15) is 22.0 Å². The van der Waals surface area contributed by atoms with Crippen molar-refractivity contribution in [3.8, 4) is 5.75 Å². The molecule has 0 bridgehead atoms. The normalized spacial score (nSPS) is 20.2. The van der Waals surface area contributed by atoms with Crippen molar-refractivity contribution >= 4 is 15.9 Å². The van der Waals surface area contributed by atoms with Crippen LogP contribution in [0.4, 0.5) is 8.78 Å². The Hall–Kier alpha value is -2.52. The summed E-state index contributed by atoms with van der Waals surface area (Å²) in [7, 11) is -3.94. The third-order valence-electron chi connectivity index (χ3n) is 6.44. The van der Waals surface area contributed by atoms with Gasteiger partial charge >= 0.3 is 0 Å². The molecule has 33 heavy (non-hydrogen) atoms. The minimum Gasteiger partial charge on any atom is -0.494 e. The lowest BCUT2D eigenvalue weighted by Gasteiger charge is -2.34. The summed E-state index contributed by atoms with van der Waals surface area (Å²) in [5.74, 6) is -1.70. The monoisotopic (exact) mass is 478 g/mol. The van der Waals surface area contributed by atoms with Crippen molar-refractivity contribution in [2.75, 3.05) is 26.2 Å². The van der Waals surface area contributed by atoms with Gasteiger partial charge in [-0.3, -0.25) is 4.79 Å². The van der Waals surface area contributed by atoms with E-state index in [1.54, 1.807) is 0 Å². The fourth-order valence-corrected chi connectivity index (χ4v) is 6.18. The smallest absolute Gasteiger partial charge is 0.243 e. The van der Waals surface area contributed by atoms with E-state index in [-0.39, 0.29) is 35.9 Å². The maximum absolute atomic E-state index is 13.5. The van der Waals surface area contributed by atoms with Crippen LogP contribution in [0.15, 0.2) is 47.4 Å². The first-order valence-corrected chi connectivity index (χ1v) is 12.7. The average molecular weight is 479 g/mol. The third-order valence-corrected chi connectivity index (χ3v) is 8.34. The number of carbonyl (C=O) groups is 1. The molecule has 2 saturated heterocycles. The largest absolute Gasteiger partial charge is 0.494 e. The highest BCUT2D eigenvalue weighted by molar-refractivity contribution is 7.89. The summed E-state index contributed by atoms with van der Waals surface area (Å²) in [5.41, 5.74) is 1.07. The first-order valence-electron chi connectivity index (χ1n) is 11.3. The number of rotatable bonds is 6. The van der Waals surface area contributed by atoms with E-state index in [0.29, 0.717) is 32.1 Å². The molecule has 0 aromatic heterocycles. The van der Waals surface area contributed by atoms with Crippen LogP contribution in [0.25, 0.3) is 0 Å². The highest BCUT2D eigenvalue weighted by atomic mass is 32.2. The molecule has 2 aromatic carbocycles. The first-order chi connectivity index (χ1) is 15.8. The summed E-state index contributed by atoms with van der Waals surface area (Å²) >= 11 is 0. The molecular weight excluding hydrogens is 450 g/mol. The van der Waals surface area contributed by atoms with Crippen LogP contribution in [-0.4, -0.2) is 49.8 Å². The van der Waals surface area contributed by atoms with E-state index in [2.05, 4.69) is 0 Å². The van der Waals surface area contributed by atoms with E-state index in [4.69, 9.17) is 4.74 Å². The zero-order valence-corrected chi connectivity index (χ0v) is 19.4. The van der Waals surface area contributed by atoms with E-state index >= 15 is 0 Å². The topological polar surface area (TPSA) is 66.9 Å². The van der Waals surface area contributed by atoms with Crippen molar-refractivity contribution in [1.82, 2.24) is 9.21 Å². The summed E-state index contributed by atoms with van der Waals surface area (Å²) < 4.78 is 59.1. The summed E-state index contributed by atoms with van der Waals surface area (Å²) in [4.78, 5) is 14.9. The van der Waals surface area contributed by atoms with Gasteiger partial charge in [0.05, 0.1) is 17.5 Å². The SMILES string of the molecule is CCOc1ccc([C@@H]2CCCN2C(=O)C2CCN(S(=O)(=O)c3ccc(F)c(F)c3)CC2)cc1. The van der Waals surface area contributed by atoms with Crippen LogP contribution in [0.3, 0.4) is 0 Å². The lowest BCUT2D eigenvalue weighted by molar-refractivity contribution is -0.137. The number of ether oxygens (including phenoxy) is 1. The average Bonchev–Trinajstić information content (AvgIpc) is 3.31. The van der Waals surface area contributed by atoms with E-state index < -0.39 is 21.7 Å². The molecule has 2 fully saturated rings. The van der Waals surface area contributed by atoms with Crippen LogP contribution >= 0.6 is 0 Å². The predicted molar refractivity (Wildman–Crippen MR) is 119 cm³/mol. The van der Waals surface area contributed by atoms with Crippen LogP contribution in [0.2, 0.25) is 0 Å². The van der Waals surface area contributed by atoms with Crippen LogP contribution in [0.1, 0.15) is 44.2 Å². The summed E-state index contributed by atoms with van der Waals surface area (Å²) in [6.07, 6.45) is 2.61. The maximum atomic E-state index is 13.5. The van der Waals surface area contributed by atoms with Gasteiger partial charge in [0.1, 0.15) is 5.75 Å². The van der Waals surface area contributed by atoms with Crippen molar-refractivity contribution in [3.63, 3.8) is 0 Å². The van der Waals surface area contributed by atoms with Crippen LogP contribution in [0.5, 0.6) is 5.75 Å². The Kier molecular flexibility index (Phi) is 6.99. The molecule has 0 aliphatic carbocycles. The molecule has 0 saturated carbocycles. The van der Waals surface area contributed by atoms with Crippen LogP contribution in [0, 0.1) is 17.6 Å². The number of carbonyl (C=O) groups excluding carboxylic acids is 1. The van der Waals surface area contributed by atoms with Gasteiger partial charge in [0.25, 0.3) is 0 Å². The number of likely N-dealkylation sites (tertiary alicyclic amines) is 1. The summed E-state index contributed by atoms with van der Waals surface area (Å²) in [6.45, 7) is 3.54. The minimum absolute atomic E-state index is 0.0112. The fourth-order valence-electron chi connectivity index (χ4n) is 4.69. The number of amides is 1. The molecule has 9 heteroatoms. The Labute approximate surface area is 193 Å². The Balaban J connectivity index is 1.40. The van der Waals surface area contributed by atoms with Gasteiger partial charge in [-0.1, -0.05) is 12.1 Å². The predicted octanol–water partition coefficient (Wildman–Crippen LogP) is 4.13. The molecule has 0 unspecified atom stereocenters. The van der Waals surface area contributed by atoms with Gasteiger partial charge < -0.3 is 9.64 Å². The van der Waals surface area contributed by atoms with Crippen molar-refractivity contribution in [1.29, 1.82) is 0 Å². The molecule has 1 amide bonds. The summed E-state index contributed by atoms with van der Waals surface area (Å²) in [6, 6.07) is 10.4. The van der Waals surface area contributed by atoms with E-state index in [0.717, 1.165) is 36.3 Å². The highest BCUT2D eigenvalue weighted by Crippen LogP contribution is 2.36. The molecule has 0 spiro atoms. The van der Waals surface area contributed by atoms with Gasteiger partial charge in [-0.05, 0) is 68.5 Å². The minimum atomic E-state index is -3.94. The Morgan fingerprint density at radius 1 is 1.00 bits per heavy atom. The third kappa shape index (κ3) is 4.89. The Bertz CT molecular complexity index is 1100. The highest BCUT2D eigenvalue weighted by Gasteiger charge is 2.37. The molecule has 6 nitrogen and oxygen atoms in total. The van der Waals surface area contributed by atoms with Gasteiger partial charge in [0.2, 0.25) is 15.9 Å². The second kappa shape index (κ2) is 9.77.